The van der Waals surface area contributed by atoms with Gasteiger partial charge in [0.15, 0.2) is 0 Å². The lowest BCUT2D eigenvalue weighted by molar-refractivity contribution is -0.313. The number of aliphatic carboxylic acids is 1. The highest BCUT2D eigenvalue weighted by atomic mass is 32.1. The molecule has 2 aliphatic carbocycles. The molecule has 1 amide bonds. The molecule has 2 atom stereocenters. The zero-order valence-electron chi connectivity index (χ0n) is 14.3. The number of ether oxygens (including phenoxy) is 1. The molecule has 0 bridgehead atoms. The first-order chi connectivity index (χ1) is 12.0. The van der Waals surface area contributed by atoms with Gasteiger partial charge in [-0.25, -0.2) is 4.79 Å². The summed E-state index contributed by atoms with van der Waals surface area (Å²) >= 11 is 1.41. The van der Waals surface area contributed by atoms with E-state index in [-0.39, 0.29) is 5.91 Å². The molecule has 0 aromatic carbocycles. The van der Waals surface area contributed by atoms with Crippen molar-refractivity contribution in [1.29, 1.82) is 0 Å². The predicted molar refractivity (Wildman–Crippen MR) is 91.4 cm³/mol. The van der Waals surface area contributed by atoms with Crippen LogP contribution in [0.5, 0.6) is 0 Å². The first-order valence-corrected chi connectivity index (χ1v) is 9.59. The van der Waals surface area contributed by atoms with E-state index in [0.717, 1.165) is 49.0 Å². The zero-order valence-corrected chi connectivity index (χ0v) is 15.1. The van der Waals surface area contributed by atoms with Crippen molar-refractivity contribution in [2.24, 2.45) is 11.8 Å². The van der Waals surface area contributed by atoms with Gasteiger partial charge in [0.1, 0.15) is 5.00 Å². The van der Waals surface area contributed by atoms with Gasteiger partial charge < -0.3 is 20.0 Å². The van der Waals surface area contributed by atoms with Crippen LogP contribution in [0.4, 0.5) is 5.00 Å². The van der Waals surface area contributed by atoms with Crippen LogP contribution in [-0.2, 0) is 27.2 Å². The second kappa shape index (κ2) is 7.56. The third-order valence-corrected chi connectivity index (χ3v) is 6.41. The molecule has 1 heterocycles. The molecule has 1 saturated carbocycles. The Kier molecular flexibility index (Phi) is 5.42. The van der Waals surface area contributed by atoms with E-state index in [9.17, 15) is 19.5 Å². The van der Waals surface area contributed by atoms with Crippen molar-refractivity contribution in [3.8, 4) is 0 Å². The van der Waals surface area contributed by atoms with Crippen LogP contribution < -0.4 is 10.4 Å². The zero-order chi connectivity index (χ0) is 18.0. The number of hydrogen-bond donors (Lipinski definition) is 1. The number of carboxylic acid groups (broad SMARTS) is 1. The first-order valence-electron chi connectivity index (χ1n) is 8.77. The smallest absolute Gasteiger partial charge is 0.341 e. The molecule has 25 heavy (non-hydrogen) atoms. The van der Waals surface area contributed by atoms with E-state index >= 15 is 0 Å². The fraction of sp³-hybridized carbons (Fsp3) is 0.611. The Morgan fingerprint density at radius 3 is 2.44 bits per heavy atom. The van der Waals surface area contributed by atoms with Crippen LogP contribution in [-0.4, -0.2) is 25.0 Å². The first kappa shape index (κ1) is 17.9. The molecule has 7 heteroatoms. The number of esters is 1. The monoisotopic (exact) mass is 364 g/mol. The predicted octanol–water partition coefficient (Wildman–Crippen LogP) is 1.91. The summed E-state index contributed by atoms with van der Waals surface area (Å²) in [6, 6.07) is 0. The van der Waals surface area contributed by atoms with Gasteiger partial charge in [-0.1, -0.05) is 12.8 Å². The fourth-order valence-corrected chi connectivity index (χ4v) is 5.18. The fourth-order valence-electron chi connectivity index (χ4n) is 3.90. The summed E-state index contributed by atoms with van der Waals surface area (Å²) in [5.74, 6) is -3.32. The minimum absolute atomic E-state index is 0.336. The number of thiophene rings is 1. The number of hydrogen-bond acceptors (Lipinski definition) is 6. The lowest BCUT2D eigenvalue weighted by atomic mass is 9.78. The summed E-state index contributed by atoms with van der Waals surface area (Å²) in [5, 5.41) is 14.7. The van der Waals surface area contributed by atoms with Gasteiger partial charge in [0, 0.05) is 22.7 Å². The third-order valence-electron chi connectivity index (χ3n) is 5.20. The Labute approximate surface area is 150 Å². The summed E-state index contributed by atoms with van der Waals surface area (Å²) in [4.78, 5) is 37.4. The van der Waals surface area contributed by atoms with Crippen molar-refractivity contribution in [3.63, 3.8) is 0 Å². The molecule has 1 aromatic heterocycles. The molecule has 3 rings (SSSR count). The van der Waals surface area contributed by atoms with Crippen molar-refractivity contribution in [2.75, 3.05) is 12.4 Å². The highest BCUT2D eigenvalue weighted by Gasteiger charge is 2.34. The van der Waals surface area contributed by atoms with Gasteiger partial charge in [-0.2, -0.15) is 0 Å². The van der Waals surface area contributed by atoms with Gasteiger partial charge in [-0.05, 0) is 44.1 Å². The van der Waals surface area contributed by atoms with E-state index in [1.807, 2.05) is 0 Å². The quantitative estimate of drug-likeness (QED) is 0.824. The average molecular weight is 364 g/mol. The van der Waals surface area contributed by atoms with E-state index in [2.05, 4.69) is 5.32 Å². The van der Waals surface area contributed by atoms with E-state index < -0.39 is 23.8 Å². The van der Waals surface area contributed by atoms with Gasteiger partial charge in [0.25, 0.3) is 0 Å². The minimum atomic E-state index is -1.17. The van der Waals surface area contributed by atoms with Crippen LogP contribution in [0.2, 0.25) is 0 Å². The SMILES string of the molecule is COC(=O)c1c(NC(=O)[C@@H]2CCCC[C@@H]2C(=O)[O-])sc2c1CCCC2. The summed E-state index contributed by atoms with van der Waals surface area (Å²) in [7, 11) is 1.33. The highest BCUT2D eigenvalue weighted by Crippen LogP contribution is 2.39. The third kappa shape index (κ3) is 3.56. The molecule has 1 aromatic rings. The number of carbonyl (C=O) groups excluding carboxylic acids is 3. The van der Waals surface area contributed by atoms with Crippen molar-refractivity contribution < 1.29 is 24.2 Å². The van der Waals surface area contributed by atoms with Crippen LogP contribution in [0.1, 0.15) is 59.3 Å². The van der Waals surface area contributed by atoms with Gasteiger partial charge in [-0.3, -0.25) is 4.79 Å². The van der Waals surface area contributed by atoms with Crippen molar-refractivity contribution in [1.82, 2.24) is 0 Å². The Morgan fingerprint density at radius 1 is 1.08 bits per heavy atom. The van der Waals surface area contributed by atoms with Gasteiger partial charge in [0.05, 0.1) is 12.7 Å². The Bertz CT molecular complexity index is 696. The van der Waals surface area contributed by atoms with E-state index in [1.54, 1.807) is 0 Å². The van der Waals surface area contributed by atoms with Crippen molar-refractivity contribution in [2.45, 2.75) is 51.4 Å². The average Bonchev–Trinajstić information content (AvgIpc) is 2.98. The van der Waals surface area contributed by atoms with Crippen LogP contribution in [0.3, 0.4) is 0 Å². The van der Waals surface area contributed by atoms with Crippen LogP contribution in [0, 0.1) is 11.8 Å². The molecule has 0 aliphatic heterocycles. The maximum Gasteiger partial charge on any atom is 0.341 e. The maximum atomic E-state index is 12.7. The molecule has 0 radical (unpaired) electrons. The lowest BCUT2D eigenvalue weighted by Gasteiger charge is -2.31. The highest BCUT2D eigenvalue weighted by molar-refractivity contribution is 7.17. The van der Waals surface area contributed by atoms with Gasteiger partial charge in [0.2, 0.25) is 5.91 Å². The van der Waals surface area contributed by atoms with Gasteiger partial charge in [-0.15, -0.1) is 11.3 Å². The summed E-state index contributed by atoms with van der Waals surface area (Å²) in [6.07, 6.45) is 6.39. The molecular formula is C18H22NO5S-. The molecule has 1 N–H and O–H groups in total. The van der Waals surface area contributed by atoms with Crippen LogP contribution >= 0.6 is 11.3 Å². The summed E-state index contributed by atoms with van der Waals surface area (Å²) in [5.41, 5.74) is 1.41. The van der Waals surface area contributed by atoms with E-state index in [4.69, 9.17) is 4.74 Å². The number of carbonyl (C=O) groups is 3. The number of aryl methyl sites for hydroxylation is 1. The van der Waals surface area contributed by atoms with E-state index in [1.165, 1.54) is 18.4 Å². The molecule has 136 valence electrons. The Hall–Kier alpha value is -1.89. The minimum Gasteiger partial charge on any atom is -0.550 e. The summed E-state index contributed by atoms with van der Waals surface area (Å²) < 4.78 is 4.90. The Balaban J connectivity index is 1.86. The number of anilines is 1. The number of methoxy groups -OCH3 is 1. The Morgan fingerprint density at radius 2 is 1.76 bits per heavy atom. The summed E-state index contributed by atoms with van der Waals surface area (Å²) in [6.45, 7) is 0. The molecule has 6 nitrogen and oxygen atoms in total. The van der Waals surface area contributed by atoms with Crippen molar-refractivity contribution >= 4 is 34.2 Å². The normalized spacial score (nSPS) is 22.8. The second-order valence-electron chi connectivity index (χ2n) is 6.71. The molecule has 0 saturated heterocycles. The second-order valence-corrected chi connectivity index (χ2v) is 7.82. The lowest BCUT2D eigenvalue weighted by Crippen LogP contribution is -2.42. The van der Waals surface area contributed by atoms with Gasteiger partial charge >= 0.3 is 5.97 Å². The molecule has 0 spiro atoms. The van der Waals surface area contributed by atoms with Crippen LogP contribution in [0.15, 0.2) is 0 Å². The largest absolute Gasteiger partial charge is 0.550 e. The molecule has 1 fully saturated rings. The number of fused-ring (bicyclic) bond motifs is 1. The number of amides is 1. The number of nitrogens with one attached hydrogen (secondary N) is 1. The molecule has 0 unspecified atom stereocenters. The number of carboxylic acids is 1. The maximum absolute atomic E-state index is 12.7. The van der Waals surface area contributed by atoms with Crippen molar-refractivity contribution in [3.05, 3.63) is 16.0 Å². The molecular weight excluding hydrogens is 342 g/mol. The standard InChI is InChI=1S/C18H23NO5S/c1-24-18(23)14-12-8-4-5-9-13(12)25-16(14)19-15(20)10-6-2-3-7-11(10)17(21)22/h10-11H,2-9H2,1H3,(H,19,20)(H,21,22)/p-1/t10-,11+/m1/s1. The van der Waals surface area contributed by atoms with E-state index in [0.29, 0.717) is 23.4 Å². The topological polar surface area (TPSA) is 95.5 Å². The number of rotatable bonds is 4. The van der Waals surface area contributed by atoms with Crippen LogP contribution in [0.25, 0.3) is 0 Å². The molecule has 2 aliphatic rings.